The molecule has 0 aliphatic rings. The lowest BCUT2D eigenvalue weighted by Gasteiger charge is -2.13. The Balaban J connectivity index is 1.85. The van der Waals surface area contributed by atoms with Crippen molar-refractivity contribution in [1.82, 2.24) is 9.55 Å². The van der Waals surface area contributed by atoms with Crippen LogP contribution in [0.4, 0.5) is 0 Å². The van der Waals surface area contributed by atoms with E-state index in [1.807, 2.05) is 54.6 Å². The first kappa shape index (κ1) is 16.9. The Labute approximate surface area is 160 Å². The van der Waals surface area contributed by atoms with Gasteiger partial charge in [-0.05, 0) is 42.0 Å². The smallest absolute Gasteiger partial charge is 0.266 e. The molecule has 0 unspecified atom stereocenters. The molecule has 0 atom stereocenters. The van der Waals surface area contributed by atoms with Gasteiger partial charge < -0.3 is 0 Å². The lowest BCUT2D eigenvalue weighted by Crippen LogP contribution is -2.21. The van der Waals surface area contributed by atoms with Gasteiger partial charge in [0.1, 0.15) is 0 Å². The zero-order valence-electron chi connectivity index (χ0n) is 13.8. The molecular formula is C21H15ClN2OS. The van der Waals surface area contributed by atoms with Gasteiger partial charge in [0.25, 0.3) is 5.56 Å². The minimum absolute atomic E-state index is 0.0755. The molecule has 0 N–H and O–H groups in total. The average molecular weight is 379 g/mol. The van der Waals surface area contributed by atoms with E-state index in [4.69, 9.17) is 16.6 Å². The maximum Gasteiger partial charge on any atom is 0.266 e. The second-order valence-corrected chi connectivity index (χ2v) is 7.18. The molecule has 26 heavy (non-hydrogen) atoms. The topological polar surface area (TPSA) is 34.9 Å². The molecule has 1 aromatic heterocycles. The van der Waals surface area contributed by atoms with Gasteiger partial charge in [-0.2, -0.15) is 0 Å². The highest BCUT2D eigenvalue weighted by Gasteiger charge is 2.13. The van der Waals surface area contributed by atoms with Crippen molar-refractivity contribution in [2.45, 2.75) is 10.9 Å². The molecule has 0 bridgehead atoms. The van der Waals surface area contributed by atoms with Gasteiger partial charge in [-0.1, -0.05) is 65.8 Å². The van der Waals surface area contributed by atoms with E-state index in [0.717, 1.165) is 11.4 Å². The van der Waals surface area contributed by atoms with Crippen LogP contribution < -0.4 is 5.56 Å². The first-order valence-electron chi connectivity index (χ1n) is 8.17. The van der Waals surface area contributed by atoms with E-state index in [-0.39, 0.29) is 5.56 Å². The molecule has 0 radical (unpaired) electrons. The lowest BCUT2D eigenvalue weighted by atomic mass is 10.2. The Kier molecular flexibility index (Phi) is 4.78. The van der Waals surface area contributed by atoms with Gasteiger partial charge in [0.15, 0.2) is 5.16 Å². The largest absolute Gasteiger partial charge is 0.268 e. The molecule has 0 saturated carbocycles. The molecule has 0 spiro atoms. The zero-order valence-corrected chi connectivity index (χ0v) is 15.4. The number of hydrogen-bond acceptors (Lipinski definition) is 3. The number of aromatic nitrogens is 2. The van der Waals surface area contributed by atoms with Gasteiger partial charge in [-0.25, -0.2) is 4.98 Å². The molecule has 5 heteroatoms. The van der Waals surface area contributed by atoms with Crippen LogP contribution in [0, 0.1) is 0 Å². The SMILES string of the molecule is O=c1c2ccccc2nc(SCc2ccccc2)n1-c1ccc(Cl)cc1. The predicted octanol–water partition coefficient (Wildman–Crippen LogP) is 5.33. The second kappa shape index (κ2) is 7.36. The van der Waals surface area contributed by atoms with Crippen molar-refractivity contribution in [3.63, 3.8) is 0 Å². The summed E-state index contributed by atoms with van der Waals surface area (Å²) in [6, 6.07) is 24.8. The Bertz CT molecular complexity index is 1110. The fourth-order valence-corrected chi connectivity index (χ4v) is 3.84. The highest BCUT2D eigenvalue weighted by Crippen LogP contribution is 2.25. The van der Waals surface area contributed by atoms with E-state index in [9.17, 15) is 4.79 Å². The van der Waals surface area contributed by atoms with Crippen molar-refractivity contribution in [1.29, 1.82) is 0 Å². The third kappa shape index (κ3) is 3.39. The van der Waals surface area contributed by atoms with E-state index in [1.165, 1.54) is 5.56 Å². The van der Waals surface area contributed by atoms with Crippen LogP contribution in [0.3, 0.4) is 0 Å². The summed E-state index contributed by atoms with van der Waals surface area (Å²) in [5, 5.41) is 1.90. The number of para-hydroxylation sites is 1. The monoisotopic (exact) mass is 378 g/mol. The van der Waals surface area contributed by atoms with Crippen LogP contribution >= 0.6 is 23.4 Å². The Hall–Kier alpha value is -2.56. The molecule has 4 rings (SSSR count). The Morgan fingerprint density at radius 3 is 2.35 bits per heavy atom. The molecule has 0 aliphatic heterocycles. The summed E-state index contributed by atoms with van der Waals surface area (Å²) in [6.45, 7) is 0. The molecule has 0 aliphatic carbocycles. The standard InChI is InChI=1S/C21H15ClN2OS/c22-16-10-12-17(13-11-16)24-20(25)18-8-4-5-9-19(18)23-21(24)26-14-15-6-2-1-3-7-15/h1-13H,14H2. The van der Waals surface area contributed by atoms with Crippen LogP contribution in [0.15, 0.2) is 88.8 Å². The van der Waals surface area contributed by atoms with E-state index in [2.05, 4.69) is 12.1 Å². The fourth-order valence-electron chi connectivity index (χ4n) is 2.75. The summed E-state index contributed by atoms with van der Waals surface area (Å²) in [7, 11) is 0. The van der Waals surface area contributed by atoms with Crippen molar-refractivity contribution >= 4 is 34.3 Å². The summed E-state index contributed by atoms with van der Waals surface area (Å²) in [5.74, 6) is 0.735. The van der Waals surface area contributed by atoms with E-state index < -0.39 is 0 Å². The quantitative estimate of drug-likeness (QED) is 0.355. The summed E-state index contributed by atoms with van der Waals surface area (Å²) in [6.07, 6.45) is 0. The van der Waals surface area contributed by atoms with Gasteiger partial charge >= 0.3 is 0 Å². The number of fused-ring (bicyclic) bond motifs is 1. The second-order valence-electron chi connectivity index (χ2n) is 5.80. The minimum Gasteiger partial charge on any atom is -0.268 e. The van der Waals surface area contributed by atoms with E-state index >= 15 is 0 Å². The van der Waals surface area contributed by atoms with Crippen LogP contribution in [-0.2, 0) is 5.75 Å². The highest BCUT2D eigenvalue weighted by atomic mass is 35.5. The van der Waals surface area contributed by atoms with Crippen molar-refractivity contribution in [2.24, 2.45) is 0 Å². The third-order valence-electron chi connectivity index (χ3n) is 4.04. The van der Waals surface area contributed by atoms with Crippen molar-refractivity contribution in [3.8, 4) is 5.69 Å². The van der Waals surface area contributed by atoms with Crippen molar-refractivity contribution < 1.29 is 0 Å². The Morgan fingerprint density at radius 2 is 1.58 bits per heavy atom. The van der Waals surface area contributed by atoms with Gasteiger partial charge in [-0.15, -0.1) is 0 Å². The van der Waals surface area contributed by atoms with Crippen LogP contribution in [-0.4, -0.2) is 9.55 Å². The van der Waals surface area contributed by atoms with Crippen molar-refractivity contribution in [3.05, 3.63) is 99.8 Å². The summed E-state index contributed by atoms with van der Waals surface area (Å²) in [4.78, 5) is 17.9. The normalized spacial score (nSPS) is 11.0. The summed E-state index contributed by atoms with van der Waals surface area (Å²) < 4.78 is 1.66. The van der Waals surface area contributed by atoms with E-state index in [0.29, 0.717) is 21.1 Å². The first-order chi connectivity index (χ1) is 12.7. The number of benzene rings is 3. The van der Waals surface area contributed by atoms with Gasteiger partial charge in [0.2, 0.25) is 0 Å². The molecule has 4 aromatic rings. The molecule has 0 fully saturated rings. The fraction of sp³-hybridized carbons (Fsp3) is 0.0476. The van der Waals surface area contributed by atoms with Crippen LogP contribution in [0.1, 0.15) is 5.56 Å². The van der Waals surface area contributed by atoms with Gasteiger partial charge in [-0.3, -0.25) is 9.36 Å². The highest BCUT2D eigenvalue weighted by molar-refractivity contribution is 7.98. The first-order valence-corrected chi connectivity index (χ1v) is 9.53. The summed E-state index contributed by atoms with van der Waals surface area (Å²) in [5.41, 5.74) is 2.57. The maximum atomic E-state index is 13.1. The number of rotatable bonds is 4. The Morgan fingerprint density at radius 1 is 0.885 bits per heavy atom. The minimum atomic E-state index is -0.0755. The average Bonchev–Trinajstić information content (AvgIpc) is 2.68. The van der Waals surface area contributed by atoms with Gasteiger partial charge in [0.05, 0.1) is 16.6 Å². The van der Waals surface area contributed by atoms with Gasteiger partial charge in [0, 0.05) is 10.8 Å². The van der Waals surface area contributed by atoms with Crippen molar-refractivity contribution in [2.75, 3.05) is 0 Å². The predicted molar refractivity (Wildman–Crippen MR) is 108 cm³/mol. The molecular weight excluding hydrogens is 364 g/mol. The number of thioether (sulfide) groups is 1. The number of nitrogens with zero attached hydrogens (tertiary/aromatic N) is 2. The summed E-state index contributed by atoms with van der Waals surface area (Å²) >= 11 is 7.55. The molecule has 0 saturated heterocycles. The molecule has 128 valence electrons. The third-order valence-corrected chi connectivity index (χ3v) is 5.30. The molecule has 3 nitrogen and oxygen atoms in total. The number of halogens is 1. The van der Waals surface area contributed by atoms with E-state index in [1.54, 1.807) is 28.5 Å². The van der Waals surface area contributed by atoms with Crippen LogP contribution in [0.2, 0.25) is 5.02 Å². The molecule has 3 aromatic carbocycles. The van der Waals surface area contributed by atoms with Crippen LogP contribution in [0.25, 0.3) is 16.6 Å². The zero-order chi connectivity index (χ0) is 17.9. The van der Waals surface area contributed by atoms with Crippen LogP contribution in [0.5, 0.6) is 0 Å². The molecule has 0 amide bonds. The lowest BCUT2D eigenvalue weighted by molar-refractivity contribution is 0.819. The maximum absolute atomic E-state index is 13.1. The molecule has 1 heterocycles. The number of hydrogen-bond donors (Lipinski definition) is 0.